The molecule has 10 rings (SSSR count). The number of anilines is 6. The first kappa shape index (κ1) is 27.6. The van der Waals surface area contributed by atoms with E-state index < -0.39 is 0 Å². The van der Waals surface area contributed by atoms with Gasteiger partial charge in [-0.05, 0) is 94.2 Å². The van der Waals surface area contributed by atoms with Gasteiger partial charge in [-0.1, -0.05) is 92.7 Å². The van der Waals surface area contributed by atoms with Crippen molar-refractivity contribution < 1.29 is 4.39 Å². The summed E-state index contributed by atoms with van der Waals surface area (Å²) in [5.74, 6) is -0.242. The van der Waals surface area contributed by atoms with Crippen LogP contribution in [0.1, 0.15) is 30.5 Å². The molecule has 0 unspecified atom stereocenters. The second-order valence-electron chi connectivity index (χ2n) is 14.0. The molecule has 1 aromatic heterocycles. The lowest BCUT2D eigenvalue weighted by Gasteiger charge is -2.45. The lowest BCUT2D eigenvalue weighted by Crippen LogP contribution is -2.63. The second kappa shape index (κ2) is 9.51. The topological polar surface area (TPSA) is 11.4 Å². The average molecular weight is 622 g/mol. The third kappa shape index (κ3) is 3.43. The Morgan fingerprint density at radius 1 is 0.646 bits per heavy atom. The van der Waals surface area contributed by atoms with E-state index in [0.29, 0.717) is 0 Å². The van der Waals surface area contributed by atoms with Gasteiger partial charge in [-0.25, -0.2) is 4.39 Å². The summed E-state index contributed by atoms with van der Waals surface area (Å²) in [6.07, 6.45) is 0. The Morgan fingerprint density at radius 3 is 2.12 bits per heavy atom. The summed E-state index contributed by atoms with van der Waals surface area (Å²) in [6, 6.07) is 44.8. The predicted octanol–water partition coefficient (Wildman–Crippen LogP) is 9.01. The van der Waals surface area contributed by atoms with Crippen LogP contribution in [0.25, 0.3) is 22.0 Å². The first-order valence-corrected chi connectivity index (χ1v) is 16.7. The van der Waals surface area contributed by atoms with E-state index in [-0.39, 0.29) is 17.9 Å². The van der Waals surface area contributed by atoms with Crippen molar-refractivity contribution in [2.45, 2.75) is 26.2 Å². The Kier molecular flexibility index (Phi) is 5.46. The monoisotopic (exact) mass is 621 g/mol. The van der Waals surface area contributed by atoms with Crippen molar-refractivity contribution in [2.24, 2.45) is 7.05 Å². The molecular formula is C43H33BFN3. The van der Waals surface area contributed by atoms with E-state index in [1.807, 2.05) is 12.1 Å². The molecular weight excluding hydrogens is 588 g/mol. The third-order valence-corrected chi connectivity index (χ3v) is 11.0. The predicted molar refractivity (Wildman–Crippen MR) is 199 cm³/mol. The zero-order valence-corrected chi connectivity index (χ0v) is 27.4. The van der Waals surface area contributed by atoms with Crippen LogP contribution in [0.15, 0.2) is 127 Å². The SMILES string of the molecule is Cc1cccc(N2c3cccc4c3B(c3ccc5c(c3N4c3cccc(F)c3)C(C)(C)c3ccccc3-5)c3c2c2ccccc2n3C)c1. The number of aromatic nitrogens is 1. The summed E-state index contributed by atoms with van der Waals surface area (Å²) in [5.41, 5.74) is 17.6. The summed E-state index contributed by atoms with van der Waals surface area (Å²) in [7, 11) is 2.22. The van der Waals surface area contributed by atoms with Crippen LogP contribution in [-0.4, -0.2) is 11.3 Å². The minimum Gasteiger partial charge on any atom is -0.353 e. The molecule has 230 valence electrons. The molecule has 0 fully saturated rings. The van der Waals surface area contributed by atoms with Gasteiger partial charge >= 0.3 is 0 Å². The Labute approximate surface area is 280 Å². The van der Waals surface area contributed by atoms with E-state index in [9.17, 15) is 0 Å². The molecule has 3 heterocycles. The first-order valence-electron chi connectivity index (χ1n) is 16.7. The Bertz CT molecular complexity index is 2510. The lowest BCUT2D eigenvalue weighted by molar-refractivity contribution is 0.628. The highest BCUT2D eigenvalue weighted by Gasteiger charge is 2.49. The van der Waals surface area contributed by atoms with Crippen LogP contribution >= 0.6 is 0 Å². The van der Waals surface area contributed by atoms with E-state index in [1.54, 1.807) is 6.07 Å². The van der Waals surface area contributed by atoms with Gasteiger partial charge in [0.2, 0.25) is 0 Å². The van der Waals surface area contributed by atoms with Crippen molar-refractivity contribution in [1.29, 1.82) is 0 Å². The van der Waals surface area contributed by atoms with Crippen molar-refractivity contribution in [3.63, 3.8) is 0 Å². The van der Waals surface area contributed by atoms with Gasteiger partial charge in [0, 0.05) is 57.4 Å². The molecule has 0 N–H and O–H groups in total. The van der Waals surface area contributed by atoms with Crippen molar-refractivity contribution in [3.8, 4) is 11.1 Å². The van der Waals surface area contributed by atoms with E-state index in [1.165, 1.54) is 67.0 Å². The number of nitrogens with zero attached hydrogens (tertiary/aromatic N) is 3. The first-order chi connectivity index (χ1) is 23.3. The van der Waals surface area contributed by atoms with Crippen LogP contribution in [0.2, 0.25) is 0 Å². The van der Waals surface area contributed by atoms with Gasteiger partial charge in [0.15, 0.2) is 0 Å². The molecule has 1 aliphatic carbocycles. The third-order valence-electron chi connectivity index (χ3n) is 11.0. The van der Waals surface area contributed by atoms with Crippen LogP contribution in [0.3, 0.4) is 0 Å². The fourth-order valence-corrected chi connectivity index (χ4v) is 9.12. The Morgan fingerprint density at radius 2 is 1.33 bits per heavy atom. The number of benzene rings is 6. The van der Waals surface area contributed by atoms with Gasteiger partial charge in [-0.15, -0.1) is 0 Å². The van der Waals surface area contributed by atoms with Gasteiger partial charge in [0.05, 0.1) is 5.69 Å². The molecule has 7 aromatic rings. The van der Waals surface area contributed by atoms with Crippen molar-refractivity contribution >= 4 is 68.3 Å². The molecule has 2 aliphatic heterocycles. The maximum absolute atomic E-state index is 15.2. The van der Waals surface area contributed by atoms with Crippen LogP contribution in [0, 0.1) is 12.7 Å². The normalized spacial score (nSPS) is 14.8. The molecule has 0 spiro atoms. The summed E-state index contributed by atoms with van der Waals surface area (Å²) in [4.78, 5) is 4.81. The molecule has 0 atom stereocenters. The van der Waals surface area contributed by atoms with Crippen LogP contribution in [0.5, 0.6) is 0 Å². The van der Waals surface area contributed by atoms with Gasteiger partial charge in [-0.2, -0.15) is 0 Å². The summed E-state index contributed by atoms with van der Waals surface area (Å²) < 4.78 is 17.6. The largest absolute Gasteiger partial charge is 0.353 e. The highest BCUT2D eigenvalue weighted by atomic mass is 19.1. The molecule has 48 heavy (non-hydrogen) atoms. The minimum absolute atomic E-state index is 0.0331. The average Bonchev–Trinajstić information content (AvgIpc) is 3.52. The molecule has 0 saturated heterocycles. The number of hydrogen-bond donors (Lipinski definition) is 0. The number of halogens is 1. The molecule has 0 bridgehead atoms. The molecule has 6 aromatic carbocycles. The van der Waals surface area contributed by atoms with Gasteiger partial charge in [0.25, 0.3) is 6.71 Å². The van der Waals surface area contributed by atoms with Crippen LogP contribution < -0.4 is 26.3 Å². The number of hydrogen-bond acceptors (Lipinski definition) is 2. The fourth-order valence-electron chi connectivity index (χ4n) is 9.12. The zero-order chi connectivity index (χ0) is 32.5. The fraction of sp³-hybridized carbons (Fsp3) is 0.116. The van der Waals surface area contributed by atoms with Crippen LogP contribution in [0.4, 0.5) is 38.5 Å². The molecule has 0 amide bonds. The van der Waals surface area contributed by atoms with Crippen molar-refractivity contribution in [1.82, 2.24) is 4.57 Å². The van der Waals surface area contributed by atoms with Crippen molar-refractivity contribution in [3.05, 3.63) is 150 Å². The number of para-hydroxylation sites is 1. The molecule has 0 radical (unpaired) electrons. The minimum atomic E-state index is -0.262. The highest BCUT2D eigenvalue weighted by Crippen LogP contribution is 2.55. The van der Waals surface area contributed by atoms with E-state index in [0.717, 1.165) is 28.4 Å². The van der Waals surface area contributed by atoms with E-state index >= 15 is 4.39 Å². The second-order valence-corrected chi connectivity index (χ2v) is 14.0. The standard InChI is InChI=1S/C43H33BFN3/c1-26-12-9-14-28(24-26)47-36-20-11-21-37-39(36)44(42-40(47)32-17-6-8-19-35(32)46(42)4)34-23-22-31-30-16-5-7-18-33(30)43(2,3)38(31)41(34)48(37)29-15-10-13-27(45)25-29/h5-25H,1-4H3. The summed E-state index contributed by atoms with van der Waals surface area (Å²) in [5, 5.41) is 1.23. The molecule has 0 saturated carbocycles. The van der Waals surface area contributed by atoms with Gasteiger partial charge in [-0.3, -0.25) is 0 Å². The maximum atomic E-state index is 15.2. The number of fused-ring (bicyclic) bond motifs is 10. The Balaban J connectivity index is 1.38. The zero-order valence-electron chi connectivity index (χ0n) is 27.4. The quantitative estimate of drug-likeness (QED) is 0.179. The summed E-state index contributed by atoms with van der Waals surface area (Å²) in [6.45, 7) is 6.81. The maximum Gasteiger partial charge on any atom is 0.272 e. The van der Waals surface area contributed by atoms with E-state index in [2.05, 4.69) is 145 Å². The highest BCUT2D eigenvalue weighted by molar-refractivity contribution is 7.00. The molecule has 3 aliphatic rings. The van der Waals surface area contributed by atoms with Gasteiger partial charge in [0.1, 0.15) is 5.82 Å². The van der Waals surface area contributed by atoms with Crippen molar-refractivity contribution in [2.75, 3.05) is 9.80 Å². The lowest BCUT2D eigenvalue weighted by atomic mass is 9.34. The Hall–Kier alpha value is -5.55. The van der Waals surface area contributed by atoms with Crippen LogP contribution in [-0.2, 0) is 12.5 Å². The molecule has 3 nitrogen and oxygen atoms in total. The number of rotatable bonds is 2. The molecule has 5 heteroatoms. The number of aryl methyl sites for hydroxylation is 2. The summed E-state index contributed by atoms with van der Waals surface area (Å²) >= 11 is 0. The van der Waals surface area contributed by atoms with Gasteiger partial charge < -0.3 is 14.4 Å². The van der Waals surface area contributed by atoms with E-state index in [4.69, 9.17) is 0 Å². The smallest absolute Gasteiger partial charge is 0.272 e.